The van der Waals surface area contributed by atoms with Gasteiger partial charge < -0.3 is 31.2 Å². The highest BCUT2D eigenvalue weighted by molar-refractivity contribution is 6.30. The zero-order chi connectivity index (χ0) is 31.2. The van der Waals surface area contributed by atoms with Gasteiger partial charge in [0.2, 0.25) is 23.8 Å². The number of anilines is 7. The van der Waals surface area contributed by atoms with Crippen LogP contribution in [0.25, 0.3) is 22.5 Å². The van der Waals surface area contributed by atoms with E-state index >= 15 is 0 Å². The Morgan fingerprint density at radius 3 is 1.24 bits per heavy atom. The molecule has 0 atom stereocenters. The van der Waals surface area contributed by atoms with Crippen molar-refractivity contribution in [1.82, 2.24) is 24.9 Å². The van der Waals surface area contributed by atoms with Gasteiger partial charge in [0.25, 0.3) is 0 Å². The quantitative estimate of drug-likeness (QED) is 0.121. The van der Waals surface area contributed by atoms with Crippen LogP contribution in [-0.4, -0.2) is 39.1 Å². The van der Waals surface area contributed by atoms with Crippen LogP contribution in [0.5, 0.6) is 11.5 Å². The first-order chi connectivity index (χ1) is 21.9. The number of hydrogen-bond donors (Lipinski definition) is 4. The van der Waals surface area contributed by atoms with Crippen LogP contribution in [0.4, 0.5) is 40.9 Å². The van der Waals surface area contributed by atoms with E-state index in [-0.39, 0.29) is 5.95 Å². The third kappa shape index (κ3) is 7.35. The number of nitrogens with two attached hydrogens (primary N) is 1. The molecule has 0 aliphatic carbocycles. The molecular weight excluding hydrogens is 590 g/mol. The molecule has 0 aliphatic rings. The number of rotatable bonds is 10. The molecule has 11 nitrogen and oxygen atoms in total. The first kappa shape index (κ1) is 29.1. The van der Waals surface area contributed by atoms with Crippen molar-refractivity contribution in [3.05, 3.63) is 108 Å². The molecular formula is C33H28ClN9O2. The van der Waals surface area contributed by atoms with Crippen LogP contribution < -0.4 is 31.2 Å². The Balaban J connectivity index is 1.25. The van der Waals surface area contributed by atoms with Gasteiger partial charge in [0, 0.05) is 33.2 Å². The average Bonchev–Trinajstić information content (AvgIpc) is 3.06. The molecule has 45 heavy (non-hydrogen) atoms. The lowest BCUT2D eigenvalue weighted by Gasteiger charge is -2.12. The van der Waals surface area contributed by atoms with Crippen LogP contribution in [0.1, 0.15) is 0 Å². The number of hydrogen-bond acceptors (Lipinski definition) is 11. The Morgan fingerprint density at radius 2 is 0.867 bits per heavy atom. The summed E-state index contributed by atoms with van der Waals surface area (Å²) in [5.41, 5.74) is 11.5. The lowest BCUT2D eigenvalue weighted by atomic mass is 10.1. The highest BCUT2D eigenvalue weighted by Gasteiger charge is 2.11. The second-order valence-electron chi connectivity index (χ2n) is 9.72. The predicted molar refractivity (Wildman–Crippen MR) is 178 cm³/mol. The van der Waals surface area contributed by atoms with Gasteiger partial charge in [0.05, 0.1) is 25.6 Å². The molecule has 0 saturated heterocycles. The second kappa shape index (κ2) is 13.1. The Morgan fingerprint density at radius 1 is 0.511 bits per heavy atom. The number of ether oxygens (including phenoxy) is 2. The largest absolute Gasteiger partial charge is 0.497 e. The van der Waals surface area contributed by atoms with Gasteiger partial charge in [-0.25, -0.2) is 9.97 Å². The first-order valence-corrected chi connectivity index (χ1v) is 14.2. The minimum Gasteiger partial charge on any atom is -0.497 e. The highest BCUT2D eigenvalue weighted by Crippen LogP contribution is 2.28. The van der Waals surface area contributed by atoms with Gasteiger partial charge in [-0.2, -0.15) is 15.0 Å². The molecule has 0 fully saturated rings. The van der Waals surface area contributed by atoms with E-state index in [4.69, 9.17) is 26.8 Å². The van der Waals surface area contributed by atoms with Gasteiger partial charge in [-0.1, -0.05) is 35.9 Å². The summed E-state index contributed by atoms with van der Waals surface area (Å²) in [6, 6.07) is 31.9. The van der Waals surface area contributed by atoms with Gasteiger partial charge in [0.15, 0.2) is 0 Å². The third-order valence-electron chi connectivity index (χ3n) is 6.65. The number of aromatic nitrogens is 5. The number of methoxy groups -OCH3 is 2. The van der Waals surface area contributed by atoms with E-state index in [1.807, 2.05) is 103 Å². The average molecular weight is 618 g/mol. The summed E-state index contributed by atoms with van der Waals surface area (Å²) >= 11 is 6.05. The summed E-state index contributed by atoms with van der Waals surface area (Å²) in [5.74, 6) is 2.69. The van der Waals surface area contributed by atoms with Crippen molar-refractivity contribution in [3.63, 3.8) is 0 Å². The summed E-state index contributed by atoms with van der Waals surface area (Å²) in [6.45, 7) is 0. The Hall–Kier alpha value is -5.94. The van der Waals surface area contributed by atoms with Crippen molar-refractivity contribution in [2.75, 3.05) is 35.9 Å². The van der Waals surface area contributed by atoms with Crippen LogP contribution >= 0.6 is 11.6 Å². The Labute approximate surface area is 264 Å². The fourth-order valence-corrected chi connectivity index (χ4v) is 4.51. The minimum absolute atomic E-state index is 0.179. The van der Waals surface area contributed by atoms with Gasteiger partial charge in [-0.3, -0.25) is 0 Å². The topological polar surface area (TPSA) is 145 Å². The molecule has 0 unspecified atom stereocenters. The minimum atomic E-state index is 0.179. The van der Waals surface area contributed by atoms with Gasteiger partial charge in [-0.15, -0.1) is 0 Å². The van der Waals surface area contributed by atoms with E-state index in [0.717, 1.165) is 39.7 Å². The van der Waals surface area contributed by atoms with E-state index < -0.39 is 0 Å². The molecule has 6 rings (SSSR count). The number of nitrogens with zero attached hydrogens (tertiary/aromatic N) is 5. The van der Waals surface area contributed by atoms with Crippen LogP contribution in [0, 0.1) is 0 Å². The Bertz CT molecular complexity index is 1840. The number of nitrogens with one attached hydrogen (secondary N) is 3. The smallest absolute Gasteiger partial charge is 0.233 e. The molecule has 6 aromatic rings. The lowest BCUT2D eigenvalue weighted by Crippen LogP contribution is -2.07. The third-order valence-corrected chi connectivity index (χ3v) is 6.90. The van der Waals surface area contributed by atoms with E-state index in [1.54, 1.807) is 14.2 Å². The number of benzene rings is 4. The summed E-state index contributed by atoms with van der Waals surface area (Å²) in [5, 5.41) is 10.4. The van der Waals surface area contributed by atoms with Crippen molar-refractivity contribution < 1.29 is 9.47 Å². The van der Waals surface area contributed by atoms with Gasteiger partial charge in [-0.05, 0) is 78.9 Å². The standard InChI is InChI=1S/C33H28ClN9O2/c1-44-26-15-11-24(12-16-26)37-32-41-31(42-33(43-32)38-25-13-17-27(45-2)18-14-25)36-23-9-5-21(6-10-23)29-19-28(39-30(35)40-29)20-3-7-22(34)8-4-20/h3-19H,1-2H3,(H2,35,39,40)(H3,36,37,38,41,42,43). The predicted octanol–water partition coefficient (Wildman–Crippen LogP) is 7.48. The summed E-state index contributed by atoms with van der Waals surface area (Å²) in [4.78, 5) is 22.6. The van der Waals surface area contributed by atoms with E-state index in [1.165, 1.54) is 0 Å². The van der Waals surface area contributed by atoms with Gasteiger partial charge >= 0.3 is 0 Å². The maximum absolute atomic E-state index is 6.06. The normalized spacial score (nSPS) is 10.6. The van der Waals surface area contributed by atoms with Crippen molar-refractivity contribution >= 4 is 52.5 Å². The lowest BCUT2D eigenvalue weighted by molar-refractivity contribution is 0.415. The molecule has 12 heteroatoms. The zero-order valence-corrected chi connectivity index (χ0v) is 25.1. The van der Waals surface area contributed by atoms with Crippen LogP contribution in [-0.2, 0) is 0 Å². The van der Waals surface area contributed by atoms with E-state index in [9.17, 15) is 0 Å². The van der Waals surface area contributed by atoms with Crippen molar-refractivity contribution in [1.29, 1.82) is 0 Å². The summed E-state index contributed by atoms with van der Waals surface area (Å²) in [7, 11) is 3.25. The summed E-state index contributed by atoms with van der Waals surface area (Å²) < 4.78 is 10.5. The molecule has 2 heterocycles. The number of nitrogen functional groups attached to an aromatic ring is 1. The molecule has 4 aromatic carbocycles. The second-order valence-corrected chi connectivity index (χ2v) is 10.2. The van der Waals surface area contributed by atoms with Crippen molar-refractivity contribution in [2.45, 2.75) is 0 Å². The molecule has 0 spiro atoms. The Kier molecular flexibility index (Phi) is 8.51. The SMILES string of the molecule is COc1ccc(Nc2nc(Nc3ccc(OC)cc3)nc(Nc3ccc(-c4cc(-c5ccc(Cl)cc5)nc(N)n4)cc3)n2)cc1. The number of halogens is 1. The molecule has 0 amide bonds. The first-order valence-electron chi connectivity index (χ1n) is 13.8. The van der Waals surface area contributed by atoms with E-state index in [2.05, 4.69) is 40.9 Å². The molecule has 224 valence electrons. The molecule has 0 radical (unpaired) electrons. The van der Waals surface area contributed by atoms with Gasteiger partial charge in [0.1, 0.15) is 11.5 Å². The molecule has 0 saturated carbocycles. The van der Waals surface area contributed by atoms with E-state index in [0.29, 0.717) is 34.3 Å². The fraction of sp³-hybridized carbons (Fsp3) is 0.0606. The van der Waals surface area contributed by atoms with Crippen LogP contribution in [0.3, 0.4) is 0 Å². The monoisotopic (exact) mass is 617 g/mol. The van der Waals surface area contributed by atoms with Crippen molar-refractivity contribution in [3.8, 4) is 34.0 Å². The molecule has 0 aliphatic heterocycles. The van der Waals surface area contributed by atoms with Crippen molar-refractivity contribution in [2.24, 2.45) is 0 Å². The fourth-order valence-electron chi connectivity index (χ4n) is 4.39. The maximum atomic E-state index is 6.06. The zero-order valence-electron chi connectivity index (χ0n) is 24.3. The van der Waals surface area contributed by atoms with Crippen LogP contribution in [0.15, 0.2) is 103 Å². The van der Waals surface area contributed by atoms with Crippen LogP contribution in [0.2, 0.25) is 5.02 Å². The maximum Gasteiger partial charge on any atom is 0.233 e. The summed E-state index contributed by atoms with van der Waals surface area (Å²) in [6.07, 6.45) is 0. The molecule has 2 aromatic heterocycles. The highest BCUT2D eigenvalue weighted by atomic mass is 35.5. The molecule has 5 N–H and O–H groups in total. The molecule has 0 bridgehead atoms.